The average molecular weight is 540 g/mol. The van der Waals surface area contributed by atoms with Crippen LogP contribution in [0.25, 0.3) is 0 Å². The number of anilines is 1. The Hall–Kier alpha value is -3.33. The number of amides is 1. The van der Waals surface area contributed by atoms with Crippen LogP contribution < -0.4 is 5.32 Å². The molecule has 0 bridgehead atoms. The summed E-state index contributed by atoms with van der Waals surface area (Å²) in [4.78, 5) is 41.5. The fourth-order valence-corrected chi connectivity index (χ4v) is 6.88. The van der Waals surface area contributed by atoms with Crippen molar-refractivity contribution in [3.8, 4) is 0 Å². The number of benzene rings is 3. The molecule has 1 amide bonds. The summed E-state index contributed by atoms with van der Waals surface area (Å²) in [5.74, 6) is -2.86. The van der Waals surface area contributed by atoms with E-state index in [0.717, 1.165) is 6.42 Å². The first-order valence-corrected chi connectivity index (χ1v) is 12.6. The van der Waals surface area contributed by atoms with Crippen LogP contribution in [0.4, 0.5) is 15.8 Å². The number of hydrogen-bond donors (Lipinski definition) is 1. The van der Waals surface area contributed by atoms with Crippen LogP contribution in [0.3, 0.4) is 0 Å². The molecule has 3 heterocycles. The lowest BCUT2D eigenvalue weighted by Gasteiger charge is -2.37. The van der Waals surface area contributed by atoms with Gasteiger partial charge >= 0.3 is 0 Å². The van der Waals surface area contributed by atoms with Crippen molar-refractivity contribution in [1.82, 2.24) is 4.90 Å². The number of hydrogen-bond acceptors (Lipinski definition) is 5. The van der Waals surface area contributed by atoms with Crippen LogP contribution in [-0.4, -0.2) is 34.1 Å². The Labute approximate surface area is 221 Å². The summed E-state index contributed by atoms with van der Waals surface area (Å²) in [6.07, 6.45) is 1.45. The van der Waals surface area contributed by atoms with Gasteiger partial charge in [-0.15, -0.1) is 0 Å². The van der Waals surface area contributed by atoms with Crippen LogP contribution in [0.2, 0.25) is 10.0 Å². The van der Waals surface area contributed by atoms with Crippen molar-refractivity contribution in [2.24, 2.45) is 5.92 Å². The van der Waals surface area contributed by atoms with E-state index in [0.29, 0.717) is 29.8 Å². The number of ketones is 1. The van der Waals surface area contributed by atoms with Crippen LogP contribution in [0.15, 0.2) is 60.7 Å². The van der Waals surface area contributed by atoms with Crippen LogP contribution in [0.5, 0.6) is 0 Å². The third-order valence-electron chi connectivity index (χ3n) is 7.92. The van der Waals surface area contributed by atoms with Gasteiger partial charge in [-0.05, 0) is 61.3 Å². The first kappa shape index (κ1) is 24.0. The number of Topliss-reactive ketones (excluding diaryl/α,β-unsaturated/α-hetero) is 1. The van der Waals surface area contributed by atoms with Crippen molar-refractivity contribution in [3.05, 3.63) is 103 Å². The van der Waals surface area contributed by atoms with Crippen molar-refractivity contribution in [2.45, 2.75) is 30.3 Å². The number of nitro benzene ring substituents is 1. The smallest absolute Gasteiger partial charge is 0.269 e. The number of halogens is 3. The van der Waals surface area contributed by atoms with Gasteiger partial charge in [-0.3, -0.25) is 24.6 Å². The van der Waals surface area contributed by atoms with Crippen LogP contribution in [0.1, 0.15) is 40.2 Å². The molecule has 1 spiro atoms. The summed E-state index contributed by atoms with van der Waals surface area (Å²) in [6, 6.07) is 14.5. The molecule has 3 aromatic carbocycles. The first-order chi connectivity index (χ1) is 17.7. The topological polar surface area (TPSA) is 92.5 Å². The first-order valence-electron chi connectivity index (χ1n) is 11.9. The Bertz CT molecular complexity index is 1500. The van der Waals surface area contributed by atoms with Gasteiger partial charge in [0.25, 0.3) is 5.69 Å². The maximum absolute atomic E-state index is 14.6. The van der Waals surface area contributed by atoms with E-state index in [9.17, 15) is 24.1 Å². The summed E-state index contributed by atoms with van der Waals surface area (Å²) in [5, 5.41) is 14.9. The maximum Gasteiger partial charge on any atom is 0.269 e. The van der Waals surface area contributed by atoms with Crippen LogP contribution in [-0.2, 0) is 10.3 Å². The lowest BCUT2D eigenvalue weighted by Crippen LogP contribution is -2.52. The molecule has 10 heteroatoms. The third kappa shape index (κ3) is 3.43. The standard InChI is InChI=1S/C27H20Cl2FN3O4/c28-19-8-6-15(12-20(19)29)25(34)24-23(14-3-1-4-17(11-14)33(36)37)22-5-2-10-32(22)27(24)18-13-16(30)7-9-21(18)31-26(27)35/h1,3-4,6-9,11-13,22-24H,2,5,10H2,(H,31,35)/t22?,23?,24?,27-/m1/s1. The lowest BCUT2D eigenvalue weighted by molar-refractivity contribution is -0.384. The maximum atomic E-state index is 14.6. The molecule has 6 rings (SSSR count). The molecule has 1 N–H and O–H groups in total. The zero-order valence-electron chi connectivity index (χ0n) is 19.3. The second-order valence-electron chi connectivity index (χ2n) is 9.66. The van der Waals surface area contributed by atoms with Crippen molar-refractivity contribution in [3.63, 3.8) is 0 Å². The van der Waals surface area contributed by atoms with Crippen molar-refractivity contribution >= 4 is 46.3 Å². The highest BCUT2D eigenvalue weighted by Crippen LogP contribution is 2.61. The van der Waals surface area contributed by atoms with Gasteiger partial charge in [0.2, 0.25) is 5.91 Å². The predicted molar refractivity (Wildman–Crippen MR) is 137 cm³/mol. The molecular formula is C27H20Cl2FN3O4. The predicted octanol–water partition coefficient (Wildman–Crippen LogP) is 5.95. The number of nitrogens with zero attached hydrogens (tertiary/aromatic N) is 2. The molecule has 0 aliphatic carbocycles. The number of fused-ring (bicyclic) bond motifs is 4. The Morgan fingerprint density at radius 2 is 1.92 bits per heavy atom. The number of rotatable bonds is 4. The van der Waals surface area contributed by atoms with Crippen LogP contribution in [0, 0.1) is 21.8 Å². The molecular weight excluding hydrogens is 520 g/mol. The zero-order valence-corrected chi connectivity index (χ0v) is 20.8. The van der Waals surface area contributed by atoms with E-state index in [4.69, 9.17) is 23.2 Å². The molecule has 2 saturated heterocycles. The fourth-order valence-electron chi connectivity index (χ4n) is 6.58. The molecule has 0 radical (unpaired) electrons. The SMILES string of the molecule is O=C(c1ccc(Cl)c(Cl)c1)C1C(c2cccc([N+](=O)[O-])c2)C2CCCN2[C@@]12C(=O)Nc1ccc(F)cc12. The Kier molecular flexibility index (Phi) is 5.60. The minimum absolute atomic E-state index is 0.106. The fraction of sp³-hybridized carbons (Fsp3) is 0.259. The average Bonchev–Trinajstić information content (AvgIpc) is 3.54. The molecule has 0 saturated carbocycles. The molecule has 2 fully saturated rings. The molecule has 3 unspecified atom stereocenters. The van der Waals surface area contributed by atoms with Gasteiger partial charge in [0, 0.05) is 40.9 Å². The summed E-state index contributed by atoms with van der Waals surface area (Å²) < 4.78 is 14.6. The highest BCUT2D eigenvalue weighted by Gasteiger charge is 2.69. The number of nitro groups is 1. The molecule has 0 aromatic heterocycles. The molecule has 188 valence electrons. The Morgan fingerprint density at radius 1 is 1.11 bits per heavy atom. The van der Waals surface area contributed by atoms with E-state index in [1.54, 1.807) is 18.2 Å². The molecule has 37 heavy (non-hydrogen) atoms. The Morgan fingerprint density at radius 3 is 2.68 bits per heavy atom. The van der Waals surface area contributed by atoms with Gasteiger partial charge in [-0.2, -0.15) is 0 Å². The van der Waals surface area contributed by atoms with E-state index in [1.807, 2.05) is 4.90 Å². The molecule has 7 nitrogen and oxygen atoms in total. The normalized spacial score (nSPS) is 26.2. The van der Waals surface area contributed by atoms with E-state index in [-0.39, 0.29) is 33.1 Å². The van der Waals surface area contributed by atoms with Gasteiger partial charge < -0.3 is 5.32 Å². The molecule has 3 aliphatic rings. The second kappa shape index (κ2) is 8.62. The van der Waals surface area contributed by atoms with Crippen molar-refractivity contribution in [1.29, 1.82) is 0 Å². The summed E-state index contributed by atoms with van der Waals surface area (Å²) >= 11 is 12.4. The van der Waals surface area contributed by atoms with Crippen LogP contribution >= 0.6 is 23.2 Å². The van der Waals surface area contributed by atoms with E-state index in [1.165, 1.54) is 42.5 Å². The minimum Gasteiger partial charge on any atom is -0.324 e. The monoisotopic (exact) mass is 539 g/mol. The van der Waals surface area contributed by atoms with Gasteiger partial charge in [0.1, 0.15) is 11.4 Å². The number of carbonyl (C=O) groups is 2. The summed E-state index contributed by atoms with van der Waals surface area (Å²) in [7, 11) is 0. The second-order valence-corrected chi connectivity index (χ2v) is 10.5. The Balaban J connectivity index is 1.63. The van der Waals surface area contributed by atoms with E-state index in [2.05, 4.69) is 5.32 Å². The number of nitrogens with one attached hydrogen (secondary N) is 1. The minimum atomic E-state index is -1.49. The van der Waals surface area contributed by atoms with Gasteiger partial charge in [0.05, 0.1) is 20.9 Å². The summed E-state index contributed by atoms with van der Waals surface area (Å²) in [5.41, 5.74) is 0.0921. The van der Waals surface area contributed by atoms with Gasteiger partial charge in [0.15, 0.2) is 5.78 Å². The van der Waals surface area contributed by atoms with Gasteiger partial charge in [-0.25, -0.2) is 4.39 Å². The third-order valence-corrected chi connectivity index (χ3v) is 8.65. The largest absolute Gasteiger partial charge is 0.324 e. The lowest BCUT2D eigenvalue weighted by atomic mass is 9.68. The van der Waals surface area contributed by atoms with Crippen molar-refractivity contribution in [2.75, 3.05) is 11.9 Å². The highest BCUT2D eigenvalue weighted by atomic mass is 35.5. The molecule has 3 aromatic rings. The van der Waals surface area contributed by atoms with Gasteiger partial charge in [-0.1, -0.05) is 35.3 Å². The molecule has 3 aliphatic heterocycles. The quantitative estimate of drug-likeness (QED) is 0.251. The van der Waals surface area contributed by atoms with Crippen molar-refractivity contribution < 1.29 is 18.9 Å². The molecule has 4 atom stereocenters. The summed E-state index contributed by atoms with van der Waals surface area (Å²) in [6.45, 7) is 0.518. The zero-order chi connectivity index (χ0) is 26.1. The van der Waals surface area contributed by atoms with E-state index >= 15 is 0 Å². The highest BCUT2D eigenvalue weighted by molar-refractivity contribution is 6.42. The number of carbonyl (C=O) groups excluding carboxylic acids is 2. The van der Waals surface area contributed by atoms with E-state index < -0.39 is 34.0 Å². The number of non-ortho nitro benzene ring substituents is 1.